The first-order chi connectivity index (χ1) is 15.5. The zero-order valence-electron chi connectivity index (χ0n) is 18.2. The Morgan fingerprint density at radius 1 is 1.25 bits per heavy atom. The van der Waals surface area contributed by atoms with E-state index in [-0.39, 0.29) is 30.9 Å². The van der Waals surface area contributed by atoms with Gasteiger partial charge in [0.15, 0.2) is 0 Å². The molecule has 2 unspecified atom stereocenters. The van der Waals surface area contributed by atoms with Crippen molar-refractivity contribution >= 4 is 23.5 Å². The first-order valence-electron chi connectivity index (χ1n) is 10.7. The number of anilines is 1. The van der Waals surface area contributed by atoms with Crippen molar-refractivity contribution in [3.8, 4) is 5.75 Å². The summed E-state index contributed by atoms with van der Waals surface area (Å²) >= 11 is 0. The Morgan fingerprint density at radius 3 is 2.78 bits per heavy atom. The van der Waals surface area contributed by atoms with Crippen molar-refractivity contribution in [1.29, 1.82) is 0 Å². The molecule has 0 saturated carbocycles. The van der Waals surface area contributed by atoms with Gasteiger partial charge in [0, 0.05) is 12.4 Å². The van der Waals surface area contributed by atoms with Crippen LogP contribution in [0.15, 0.2) is 42.7 Å². The largest absolute Gasteiger partial charge is 0.495 e. The summed E-state index contributed by atoms with van der Waals surface area (Å²) in [6.45, 7) is 2.60. The molecule has 0 aliphatic carbocycles. The van der Waals surface area contributed by atoms with Crippen molar-refractivity contribution in [3.63, 3.8) is 0 Å². The number of nitrogens with zero attached hydrogens (tertiary/aromatic N) is 3. The highest BCUT2D eigenvalue weighted by Crippen LogP contribution is 2.28. The molecule has 2 N–H and O–H groups in total. The fourth-order valence-electron chi connectivity index (χ4n) is 4.28. The second-order valence-electron chi connectivity index (χ2n) is 8.08. The summed E-state index contributed by atoms with van der Waals surface area (Å²) in [5.41, 5.74) is 2.32. The maximum atomic E-state index is 13.3. The van der Waals surface area contributed by atoms with E-state index in [1.807, 2.05) is 19.1 Å². The molecule has 0 bridgehead atoms. The maximum absolute atomic E-state index is 13.3. The number of urea groups is 1. The number of fused-ring (bicyclic) bond motifs is 1. The first kappa shape index (κ1) is 21.8. The van der Waals surface area contributed by atoms with Crippen molar-refractivity contribution in [1.82, 2.24) is 20.1 Å². The fourth-order valence-corrected chi connectivity index (χ4v) is 4.28. The van der Waals surface area contributed by atoms with Crippen molar-refractivity contribution < 1.29 is 19.1 Å². The lowest BCUT2D eigenvalue weighted by molar-refractivity contribution is -0.138. The van der Waals surface area contributed by atoms with Gasteiger partial charge in [-0.25, -0.2) is 4.79 Å². The van der Waals surface area contributed by atoms with Gasteiger partial charge in [-0.1, -0.05) is 6.07 Å². The third-order valence-corrected chi connectivity index (χ3v) is 5.87. The molecule has 2 fully saturated rings. The molecule has 4 amide bonds. The number of nitrogens with one attached hydrogen (secondary N) is 2. The molecular weight excluding hydrogens is 410 g/mol. The second-order valence-corrected chi connectivity index (χ2v) is 8.08. The Balaban J connectivity index is 1.55. The van der Waals surface area contributed by atoms with Crippen LogP contribution in [0.5, 0.6) is 5.75 Å². The summed E-state index contributed by atoms with van der Waals surface area (Å²) in [7, 11) is 1.54. The van der Waals surface area contributed by atoms with E-state index in [1.54, 1.807) is 30.6 Å². The zero-order valence-corrected chi connectivity index (χ0v) is 18.2. The van der Waals surface area contributed by atoms with Crippen LogP contribution in [0.2, 0.25) is 0 Å². The van der Waals surface area contributed by atoms with Gasteiger partial charge in [-0.15, -0.1) is 0 Å². The van der Waals surface area contributed by atoms with Gasteiger partial charge in [0.1, 0.15) is 18.3 Å². The minimum Gasteiger partial charge on any atom is -0.495 e. The third kappa shape index (κ3) is 4.43. The predicted octanol–water partition coefficient (Wildman–Crippen LogP) is 1.92. The minimum atomic E-state index is -0.524. The van der Waals surface area contributed by atoms with E-state index in [0.29, 0.717) is 24.4 Å². The van der Waals surface area contributed by atoms with Crippen LogP contribution in [0.4, 0.5) is 10.5 Å². The van der Waals surface area contributed by atoms with Gasteiger partial charge < -0.3 is 20.3 Å². The average molecular weight is 438 g/mol. The summed E-state index contributed by atoms with van der Waals surface area (Å²) in [4.78, 5) is 46.1. The van der Waals surface area contributed by atoms with Crippen molar-refractivity contribution in [2.24, 2.45) is 0 Å². The predicted molar refractivity (Wildman–Crippen MR) is 118 cm³/mol. The van der Waals surface area contributed by atoms with Crippen molar-refractivity contribution in [2.45, 2.75) is 38.4 Å². The van der Waals surface area contributed by atoms with E-state index >= 15 is 0 Å². The van der Waals surface area contributed by atoms with Crippen LogP contribution in [-0.2, 0) is 16.1 Å². The number of aryl methyl sites for hydroxylation is 1. The Kier molecular flexibility index (Phi) is 6.36. The standard InChI is InChI=1S/C23H27N5O4/c1-15-5-6-19(32-2)17(12-15)26-20(29)14-27-18-4-3-9-25-21(18)22(30)28(23(27)31)13-16-7-10-24-11-8-16/h5-8,10-12,18,21,25H,3-4,9,13-14H2,1-2H3,(H,26,29). The Labute approximate surface area is 186 Å². The topological polar surface area (TPSA) is 104 Å². The summed E-state index contributed by atoms with van der Waals surface area (Å²) in [5.74, 6) is -0.0565. The van der Waals surface area contributed by atoms with Crippen molar-refractivity contribution in [2.75, 3.05) is 25.5 Å². The number of amides is 4. The van der Waals surface area contributed by atoms with Gasteiger partial charge in [-0.2, -0.15) is 0 Å². The molecule has 9 nitrogen and oxygen atoms in total. The maximum Gasteiger partial charge on any atom is 0.327 e. The molecule has 2 aromatic rings. The van der Waals surface area contributed by atoms with Crippen LogP contribution in [0.25, 0.3) is 0 Å². The molecular formula is C23H27N5O4. The number of carbonyl (C=O) groups excluding carboxylic acids is 3. The van der Waals surface area contributed by atoms with E-state index in [9.17, 15) is 14.4 Å². The van der Waals surface area contributed by atoms with Gasteiger partial charge in [0.05, 0.1) is 25.4 Å². The number of imide groups is 1. The first-order valence-corrected chi connectivity index (χ1v) is 10.7. The van der Waals surface area contributed by atoms with E-state index < -0.39 is 12.1 Å². The molecule has 4 rings (SSSR count). The van der Waals surface area contributed by atoms with Gasteiger partial charge >= 0.3 is 6.03 Å². The van der Waals surface area contributed by atoms with Crippen LogP contribution in [-0.4, -0.2) is 64.9 Å². The average Bonchev–Trinajstić information content (AvgIpc) is 2.80. The van der Waals surface area contributed by atoms with Crippen LogP contribution >= 0.6 is 0 Å². The minimum absolute atomic E-state index is 0.134. The number of aromatic nitrogens is 1. The summed E-state index contributed by atoms with van der Waals surface area (Å²) < 4.78 is 5.33. The highest BCUT2D eigenvalue weighted by atomic mass is 16.5. The number of ether oxygens (including phenoxy) is 1. The summed E-state index contributed by atoms with van der Waals surface area (Å²) in [6, 6.07) is 7.69. The molecule has 2 saturated heterocycles. The van der Waals surface area contributed by atoms with Gasteiger partial charge in [0.25, 0.3) is 0 Å². The molecule has 2 aliphatic rings. The lowest BCUT2D eigenvalue weighted by Gasteiger charge is -2.46. The number of methoxy groups -OCH3 is 1. The molecule has 168 valence electrons. The molecule has 1 aromatic carbocycles. The third-order valence-electron chi connectivity index (χ3n) is 5.87. The molecule has 1 aromatic heterocycles. The smallest absolute Gasteiger partial charge is 0.327 e. The lowest BCUT2D eigenvalue weighted by Crippen LogP contribution is -2.70. The number of hydrogen-bond acceptors (Lipinski definition) is 6. The summed E-state index contributed by atoms with van der Waals surface area (Å²) in [5, 5.41) is 6.09. The normalized spacial score (nSPS) is 20.7. The van der Waals surface area contributed by atoms with Gasteiger partial charge in [-0.05, 0) is 61.7 Å². The van der Waals surface area contributed by atoms with Crippen LogP contribution in [0.3, 0.4) is 0 Å². The Morgan fingerprint density at radius 2 is 2.03 bits per heavy atom. The van der Waals surface area contributed by atoms with Crippen LogP contribution in [0, 0.1) is 6.92 Å². The lowest BCUT2D eigenvalue weighted by atomic mass is 9.93. The van der Waals surface area contributed by atoms with Crippen LogP contribution in [0.1, 0.15) is 24.0 Å². The number of hydrogen-bond donors (Lipinski definition) is 2. The number of pyridine rings is 1. The quantitative estimate of drug-likeness (QED) is 0.716. The Bertz CT molecular complexity index is 1010. The SMILES string of the molecule is COc1ccc(C)cc1NC(=O)CN1C(=O)N(Cc2ccncc2)C(=O)C2NCCCC21. The van der Waals surface area contributed by atoms with E-state index in [2.05, 4.69) is 15.6 Å². The second kappa shape index (κ2) is 9.35. The number of rotatable bonds is 6. The summed E-state index contributed by atoms with van der Waals surface area (Å²) in [6.07, 6.45) is 4.74. The highest BCUT2D eigenvalue weighted by molar-refractivity contribution is 6.03. The van der Waals surface area contributed by atoms with E-state index in [1.165, 1.54) is 16.9 Å². The molecule has 0 radical (unpaired) electrons. The van der Waals surface area contributed by atoms with Gasteiger partial charge in [0.2, 0.25) is 11.8 Å². The molecule has 2 aliphatic heterocycles. The monoisotopic (exact) mass is 437 g/mol. The fraction of sp³-hybridized carbons (Fsp3) is 0.391. The molecule has 0 spiro atoms. The zero-order chi connectivity index (χ0) is 22.7. The van der Waals surface area contributed by atoms with E-state index in [4.69, 9.17) is 4.74 Å². The van der Waals surface area contributed by atoms with E-state index in [0.717, 1.165) is 17.5 Å². The number of carbonyl (C=O) groups is 3. The molecule has 9 heteroatoms. The Hall–Kier alpha value is -3.46. The highest BCUT2D eigenvalue weighted by Gasteiger charge is 2.47. The van der Waals surface area contributed by atoms with Gasteiger partial charge in [-0.3, -0.25) is 19.5 Å². The molecule has 2 atom stereocenters. The van der Waals surface area contributed by atoms with Crippen molar-refractivity contribution in [3.05, 3.63) is 53.9 Å². The molecule has 32 heavy (non-hydrogen) atoms. The van der Waals surface area contributed by atoms with Crippen LogP contribution < -0.4 is 15.4 Å². The molecule has 3 heterocycles. The number of piperidine rings is 1. The number of benzene rings is 1.